The monoisotopic (exact) mass is 477 g/mol. The zero-order valence-electron chi connectivity index (χ0n) is 19.7. The van der Waals surface area contributed by atoms with Crippen molar-refractivity contribution < 1.29 is 18.7 Å². The number of carbonyl (C=O) groups excluding carboxylic acids is 2. The second kappa shape index (κ2) is 9.15. The number of rotatable bonds is 2. The lowest BCUT2D eigenvalue weighted by Gasteiger charge is -2.24. The third-order valence-corrected chi connectivity index (χ3v) is 5.74. The summed E-state index contributed by atoms with van der Waals surface area (Å²) >= 11 is 0. The number of fused-ring (bicyclic) bond motifs is 5. The van der Waals surface area contributed by atoms with Gasteiger partial charge in [0.2, 0.25) is 5.91 Å². The summed E-state index contributed by atoms with van der Waals surface area (Å²) in [5.41, 5.74) is 8.01. The van der Waals surface area contributed by atoms with E-state index in [-0.39, 0.29) is 35.3 Å². The molecule has 3 N–H and O–H groups in total. The fraction of sp³-hybridized carbons (Fsp3) is 0.292. The van der Waals surface area contributed by atoms with Crippen LogP contribution in [0.25, 0.3) is 11.1 Å². The largest absolute Gasteiger partial charge is 0.482 e. The van der Waals surface area contributed by atoms with Gasteiger partial charge in [-0.05, 0) is 38.1 Å². The number of nitriles is 1. The molecule has 2 unspecified atom stereocenters. The Hall–Kier alpha value is -4.30. The summed E-state index contributed by atoms with van der Waals surface area (Å²) in [7, 11) is 3.24. The summed E-state index contributed by atoms with van der Waals surface area (Å²) < 4.78 is 21.7. The third kappa shape index (κ3) is 4.43. The van der Waals surface area contributed by atoms with Crippen LogP contribution in [0.4, 0.5) is 10.2 Å². The molecule has 35 heavy (non-hydrogen) atoms. The first kappa shape index (κ1) is 23.8. The number of hydrogen-bond donors (Lipinski definition) is 2. The molecule has 2 atom stereocenters. The van der Waals surface area contributed by atoms with Gasteiger partial charge in [0.1, 0.15) is 23.7 Å². The van der Waals surface area contributed by atoms with Crippen molar-refractivity contribution in [3.8, 4) is 22.9 Å². The van der Waals surface area contributed by atoms with Gasteiger partial charge in [0.05, 0.1) is 18.3 Å². The minimum absolute atomic E-state index is 0.0915. The molecule has 0 saturated heterocycles. The average Bonchev–Trinajstić information content (AvgIpc) is 3.13. The molecular formula is C24H24FN7O3. The second-order valence-electron chi connectivity index (χ2n) is 8.41. The van der Waals surface area contributed by atoms with Gasteiger partial charge in [-0.2, -0.15) is 10.4 Å². The van der Waals surface area contributed by atoms with Crippen molar-refractivity contribution in [3.63, 3.8) is 0 Å². The van der Waals surface area contributed by atoms with Crippen molar-refractivity contribution in [1.82, 2.24) is 19.7 Å². The van der Waals surface area contributed by atoms with Gasteiger partial charge in [-0.15, -0.1) is 0 Å². The number of carbonyl (C=O) groups is 2. The van der Waals surface area contributed by atoms with Crippen molar-refractivity contribution in [3.05, 3.63) is 58.8 Å². The predicted molar refractivity (Wildman–Crippen MR) is 125 cm³/mol. The van der Waals surface area contributed by atoms with E-state index in [0.29, 0.717) is 22.4 Å². The molecule has 180 valence electrons. The minimum atomic E-state index is -0.801. The van der Waals surface area contributed by atoms with Crippen LogP contribution in [0.3, 0.4) is 0 Å². The molecule has 2 amide bonds. The Balaban J connectivity index is 1.96. The van der Waals surface area contributed by atoms with E-state index >= 15 is 0 Å². The molecular weight excluding hydrogens is 453 g/mol. The van der Waals surface area contributed by atoms with Crippen LogP contribution < -0.4 is 15.8 Å². The average molecular weight is 478 g/mol. The van der Waals surface area contributed by atoms with Crippen LogP contribution in [0.2, 0.25) is 0 Å². The molecule has 10 nitrogen and oxygen atoms in total. The number of nitrogens with one attached hydrogen (secondary N) is 1. The third-order valence-electron chi connectivity index (χ3n) is 5.74. The number of benzene rings is 1. The lowest BCUT2D eigenvalue weighted by atomic mass is 10.00. The first-order valence-electron chi connectivity index (χ1n) is 10.8. The Labute approximate surface area is 201 Å². The number of aromatic nitrogens is 3. The van der Waals surface area contributed by atoms with E-state index in [2.05, 4.69) is 21.5 Å². The molecule has 1 aromatic carbocycles. The van der Waals surface area contributed by atoms with E-state index in [1.165, 1.54) is 40.9 Å². The highest BCUT2D eigenvalue weighted by atomic mass is 19.1. The minimum Gasteiger partial charge on any atom is -0.482 e. The predicted octanol–water partition coefficient (Wildman–Crippen LogP) is 2.50. The Morgan fingerprint density at radius 2 is 2.11 bits per heavy atom. The van der Waals surface area contributed by atoms with Crippen LogP contribution >= 0.6 is 0 Å². The Morgan fingerprint density at radius 1 is 1.37 bits per heavy atom. The molecule has 0 saturated carbocycles. The molecule has 2 aromatic heterocycles. The van der Waals surface area contributed by atoms with Gasteiger partial charge in [0, 0.05) is 42.5 Å². The quantitative estimate of drug-likeness (QED) is 0.578. The van der Waals surface area contributed by atoms with Gasteiger partial charge in [-0.3, -0.25) is 14.3 Å². The number of anilines is 1. The molecule has 3 heterocycles. The van der Waals surface area contributed by atoms with Crippen molar-refractivity contribution in [2.24, 2.45) is 12.8 Å². The molecule has 2 bridgehead atoms. The van der Waals surface area contributed by atoms with Gasteiger partial charge < -0.3 is 20.7 Å². The summed E-state index contributed by atoms with van der Waals surface area (Å²) in [6, 6.07) is 6.83. The summed E-state index contributed by atoms with van der Waals surface area (Å²) in [5, 5.41) is 16.9. The Morgan fingerprint density at radius 3 is 2.80 bits per heavy atom. The van der Waals surface area contributed by atoms with E-state index < -0.39 is 23.9 Å². The van der Waals surface area contributed by atoms with Crippen LogP contribution in [0.15, 0.2) is 30.5 Å². The summed E-state index contributed by atoms with van der Waals surface area (Å²) in [5.74, 6) is -1.10. The van der Waals surface area contributed by atoms with E-state index in [9.17, 15) is 19.2 Å². The Bertz CT molecular complexity index is 1380. The normalized spacial score (nSPS) is 16.1. The topological polar surface area (TPSA) is 139 Å². The van der Waals surface area contributed by atoms with Crippen LogP contribution in [0.1, 0.15) is 47.3 Å². The number of pyridine rings is 1. The van der Waals surface area contributed by atoms with Gasteiger partial charge >= 0.3 is 0 Å². The van der Waals surface area contributed by atoms with Crippen LogP contribution in [-0.4, -0.2) is 44.6 Å². The highest BCUT2D eigenvalue weighted by Crippen LogP contribution is 2.36. The van der Waals surface area contributed by atoms with Gasteiger partial charge in [0.25, 0.3) is 5.91 Å². The van der Waals surface area contributed by atoms with Gasteiger partial charge in [-0.1, -0.05) is 0 Å². The van der Waals surface area contributed by atoms with Crippen molar-refractivity contribution in [1.29, 1.82) is 5.26 Å². The zero-order chi connectivity index (χ0) is 25.4. The number of nitrogens with zero attached hydrogens (tertiary/aromatic N) is 5. The lowest BCUT2D eigenvalue weighted by molar-refractivity contribution is -0.117. The molecule has 0 radical (unpaired) electrons. The molecule has 11 heteroatoms. The second-order valence-corrected chi connectivity index (χ2v) is 8.41. The smallest absolute Gasteiger partial charge is 0.254 e. The molecule has 0 fully saturated rings. The summed E-state index contributed by atoms with van der Waals surface area (Å²) in [6.45, 7) is 3.28. The van der Waals surface area contributed by atoms with Gasteiger partial charge in [0.15, 0.2) is 11.6 Å². The first-order chi connectivity index (χ1) is 16.6. The lowest BCUT2D eigenvalue weighted by Crippen LogP contribution is -2.33. The molecule has 1 aliphatic heterocycles. The molecule has 0 spiro atoms. The van der Waals surface area contributed by atoms with E-state index in [1.807, 2.05) is 0 Å². The highest BCUT2D eigenvalue weighted by Gasteiger charge is 2.27. The van der Waals surface area contributed by atoms with E-state index in [4.69, 9.17) is 10.5 Å². The molecule has 3 aromatic rings. The van der Waals surface area contributed by atoms with Crippen molar-refractivity contribution in [2.45, 2.75) is 32.5 Å². The van der Waals surface area contributed by atoms with Crippen molar-refractivity contribution >= 4 is 17.6 Å². The fourth-order valence-corrected chi connectivity index (χ4v) is 3.94. The van der Waals surface area contributed by atoms with Crippen molar-refractivity contribution in [2.75, 3.05) is 12.4 Å². The number of halogens is 1. The number of ether oxygens (including phenoxy) is 1. The molecule has 0 aliphatic carbocycles. The standard InChI is InChI=1S/C24H24FN7O3/c1-12(27)23(33)29-22-20-7-14(10-28-22)21-18(30-32(4)19(21)9-26)11-31(3)24(34)16-6-5-15(25)8-17(16)13(2)35-20/h5-8,10,12-13H,11,27H2,1-4H3,(H,28,29,33). The first-order valence-corrected chi connectivity index (χ1v) is 10.8. The molecule has 1 aliphatic rings. The maximum atomic E-state index is 14.2. The maximum absolute atomic E-state index is 14.2. The van der Waals surface area contributed by atoms with Crippen LogP contribution in [0, 0.1) is 17.1 Å². The number of aryl methyl sites for hydroxylation is 1. The fourth-order valence-electron chi connectivity index (χ4n) is 3.94. The van der Waals surface area contributed by atoms with Crippen LogP contribution in [0.5, 0.6) is 5.75 Å². The summed E-state index contributed by atoms with van der Waals surface area (Å²) in [4.78, 5) is 31.4. The highest BCUT2D eigenvalue weighted by molar-refractivity contribution is 5.96. The van der Waals surface area contributed by atoms with Crippen LogP contribution in [-0.2, 0) is 18.4 Å². The number of nitrogens with two attached hydrogens (primary N) is 1. The van der Waals surface area contributed by atoms with Gasteiger partial charge in [-0.25, -0.2) is 9.37 Å². The Kier molecular flexibility index (Phi) is 6.24. The van der Waals surface area contributed by atoms with E-state index in [1.54, 1.807) is 27.1 Å². The number of amides is 2. The number of hydrogen-bond acceptors (Lipinski definition) is 7. The SMILES string of the molecule is CC(N)C(=O)Nc1ncc2cc1OC(C)c1cc(F)ccc1C(=O)N(C)Cc1nn(C)c(C#N)c1-2. The maximum Gasteiger partial charge on any atom is 0.254 e. The van der Waals surface area contributed by atoms with E-state index in [0.717, 1.165) is 0 Å². The molecule has 4 rings (SSSR count). The summed E-state index contributed by atoms with van der Waals surface area (Å²) in [6.07, 6.45) is 0.695. The zero-order valence-corrected chi connectivity index (χ0v) is 19.7.